The van der Waals surface area contributed by atoms with Gasteiger partial charge in [0.05, 0.1) is 26.4 Å². The SMILES string of the molecule is CCC(C)CCCCCCCCCCCCCCCCCCCCC(=O)O[C@H](COC(=O)CCCCCCCCC(C)CC)COP(=O)(O)OC[C@H](O)COP(=O)(O)OC[C@@H](COC(=O)CCCCCCCCCCCCCCCCCC(C)C)OC(=O)CCCCCCCCCCCCCC(C)C. The maximum absolute atomic E-state index is 13.1. The van der Waals surface area contributed by atoms with Crippen molar-refractivity contribution >= 4 is 39.5 Å². The lowest BCUT2D eigenvalue weighted by molar-refractivity contribution is -0.161. The lowest BCUT2D eigenvalue weighted by Gasteiger charge is -2.21. The Balaban J connectivity index is 5.19. The van der Waals surface area contributed by atoms with Crippen LogP contribution >= 0.6 is 15.6 Å². The van der Waals surface area contributed by atoms with E-state index in [0.29, 0.717) is 25.7 Å². The summed E-state index contributed by atoms with van der Waals surface area (Å²) in [6, 6.07) is 0. The van der Waals surface area contributed by atoms with Gasteiger partial charge in [0.15, 0.2) is 12.2 Å². The summed E-state index contributed by atoms with van der Waals surface area (Å²) in [6.45, 7) is 14.3. The van der Waals surface area contributed by atoms with E-state index in [1.54, 1.807) is 0 Å². The van der Waals surface area contributed by atoms with E-state index in [0.717, 1.165) is 120 Å². The Kier molecular flexibility index (Phi) is 72.5. The number of carbonyl (C=O) groups excluding carboxylic acids is 4. The molecule has 0 aromatic heterocycles. The predicted octanol–water partition coefficient (Wildman–Crippen LogP) is 25.6. The topological polar surface area (TPSA) is 237 Å². The van der Waals surface area contributed by atoms with Gasteiger partial charge in [0.25, 0.3) is 0 Å². The normalized spacial score (nSPS) is 14.5. The van der Waals surface area contributed by atoms with Crippen molar-refractivity contribution in [3.05, 3.63) is 0 Å². The monoisotopic (exact) mass is 1520 g/mol. The average Bonchev–Trinajstić information content (AvgIpc) is 0.965. The predicted molar refractivity (Wildman–Crippen MR) is 428 cm³/mol. The summed E-state index contributed by atoms with van der Waals surface area (Å²) in [6.07, 6.45) is 62.5. The number of esters is 4. The highest BCUT2D eigenvalue weighted by atomic mass is 31.2. The molecule has 0 saturated heterocycles. The number of aliphatic hydroxyl groups excluding tert-OH is 1. The maximum Gasteiger partial charge on any atom is 0.472 e. The summed E-state index contributed by atoms with van der Waals surface area (Å²) in [5.74, 6) is 1.06. The van der Waals surface area contributed by atoms with Gasteiger partial charge < -0.3 is 33.8 Å². The second kappa shape index (κ2) is 73.8. The first-order valence-corrected chi connectivity index (χ1v) is 46.8. The van der Waals surface area contributed by atoms with Crippen molar-refractivity contribution in [3.63, 3.8) is 0 Å². The van der Waals surface area contributed by atoms with Crippen LogP contribution in [-0.2, 0) is 65.4 Å². The van der Waals surface area contributed by atoms with Gasteiger partial charge in [-0.2, -0.15) is 0 Å². The highest BCUT2D eigenvalue weighted by Crippen LogP contribution is 2.45. The fourth-order valence-corrected chi connectivity index (χ4v) is 14.7. The number of phosphoric ester groups is 2. The zero-order valence-electron chi connectivity index (χ0n) is 68.7. The van der Waals surface area contributed by atoms with Gasteiger partial charge in [0, 0.05) is 25.7 Å². The molecule has 0 bridgehead atoms. The lowest BCUT2D eigenvalue weighted by atomic mass is 9.99. The summed E-state index contributed by atoms with van der Waals surface area (Å²) < 4.78 is 68.8. The molecule has 7 atom stereocenters. The zero-order chi connectivity index (χ0) is 76.7. The Hall–Kier alpha value is -1.94. The Morgan fingerprint density at radius 3 is 0.683 bits per heavy atom. The van der Waals surface area contributed by atoms with E-state index in [1.165, 1.54) is 238 Å². The van der Waals surface area contributed by atoms with Gasteiger partial charge in [0.2, 0.25) is 0 Å². The number of phosphoric acid groups is 2. The molecule has 104 heavy (non-hydrogen) atoms. The third-order valence-corrected chi connectivity index (χ3v) is 22.4. The maximum atomic E-state index is 13.1. The van der Waals surface area contributed by atoms with Crippen LogP contribution in [-0.4, -0.2) is 96.7 Å². The Morgan fingerprint density at radius 1 is 0.269 bits per heavy atom. The quantitative estimate of drug-likeness (QED) is 0.0222. The van der Waals surface area contributed by atoms with Gasteiger partial charge >= 0.3 is 39.5 Å². The molecule has 0 rings (SSSR count). The van der Waals surface area contributed by atoms with Crippen LogP contribution < -0.4 is 0 Å². The average molecular weight is 1520 g/mol. The third-order valence-electron chi connectivity index (χ3n) is 20.5. The number of rotatable bonds is 82. The van der Waals surface area contributed by atoms with E-state index >= 15 is 0 Å². The first-order chi connectivity index (χ1) is 50.2. The van der Waals surface area contributed by atoms with Crippen molar-refractivity contribution in [2.45, 2.75) is 459 Å². The minimum atomic E-state index is -4.96. The summed E-state index contributed by atoms with van der Waals surface area (Å²) >= 11 is 0. The van der Waals surface area contributed by atoms with Crippen LogP contribution in [0.25, 0.3) is 0 Å². The van der Waals surface area contributed by atoms with Crippen LogP contribution in [0, 0.1) is 23.7 Å². The molecule has 0 aromatic carbocycles. The zero-order valence-corrected chi connectivity index (χ0v) is 70.5. The van der Waals surface area contributed by atoms with Gasteiger partial charge in [-0.1, -0.05) is 389 Å². The molecule has 17 nitrogen and oxygen atoms in total. The van der Waals surface area contributed by atoms with E-state index < -0.39 is 97.5 Å². The van der Waals surface area contributed by atoms with Crippen molar-refractivity contribution in [1.29, 1.82) is 0 Å². The Bertz CT molecular complexity index is 2030. The standard InChI is InChI=1S/C85H166O17P2/c1-9-77(7)63-55-47-39-33-27-21-17-13-11-12-14-18-23-29-35-41-51-59-67-84(89)102-81(72-96-83(88)66-58-50-44-43-48-56-64-78(8)10-2)74-100-104(93,94)98-70-79(86)69-97-103(91,92)99-73-80(101-85(90)68-60-52-42-36-30-24-26-32-38-46-54-62-76(5)6)71-95-82(87)65-57-49-40-34-28-22-19-15-16-20-25-31-37-45-53-61-75(3)4/h75-81,86H,9-74H2,1-8H3,(H,91,92)(H,93,94)/t77?,78?,79-,80-,81-/m1/s1. The number of hydrogen-bond acceptors (Lipinski definition) is 15. The second-order valence-corrected chi connectivity index (χ2v) is 34.9. The van der Waals surface area contributed by atoms with Gasteiger partial charge in [-0.3, -0.25) is 37.3 Å². The molecule has 3 N–H and O–H groups in total. The van der Waals surface area contributed by atoms with Gasteiger partial charge in [-0.15, -0.1) is 0 Å². The molecule has 618 valence electrons. The summed E-state index contributed by atoms with van der Waals surface area (Å²) in [4.78, 5) is 73.2. The molecule has 0 amide bonds. The minimum Gasteiger partial charge on any atom is -0.462 e. The highest BCUT2D eigenvalue weighted by Gasteiger charge is 2.30. The number of ether oxygens (including phenoxy) is 4. The summed E-state index contributed by atoms with van der Waals surface area (Å²) in [7, 11) is -9.93. The largest absolute Gasteiger partial charge is 0.472 e. The molecule has 0 heterocycles. The first kappa shape index (κ1) is 102. The molecule has 4 unspecified atom stereocenters. The fourth-order valence-electron chi connectivity index (χ4n) is 13.1. The van der Waals surface area contributed by atoms with Crippen LogP contribution in [0.1, 0.15) is 441 Å². The van der Waals surface area contributed by atoms with Crippen LogP contribution in [0.3, 0.4) is 0 Å². The van der Waals surface area contributed by atoms with Crippen molar-refractivity contribution < 1.29 is 80.2 Å². The van der Waals surface area contributed by atoms with Crippen molar-refractivity contribution in [1.82, 2.24) is 0 Å². The number of carbonyl (C=O) groups is 4. The van der Waals surface area contributed by atoms with Gasteiger partial charge in [-0.25, -0.2) is 9.13 Å². The molecule has 19 heteroatoms. The lowest BCUT2D eigenvalue weighted by Crippen LogP contribution is -2.30. The van der Waals surface area contributed by atoms with Crippen LogP contribution in [0.15, 0.2) is 0 Å². The van der Waals surface area contributed by atoms with Gasteiger partial charge in [0.1, 0.15) is 19.3 Å². The Labute approximate surface area is 638 Å². The van der Waals surface area contributed by atoms with Crippen LogP contribution in [0.4, 0.5) is 0 Å². The van der Waals surface area contributed by atoms with E-state index in [-0.39, 0.29) is 25.7 Å². The highest BCUT2D eigenvalue weighted by molar-refractivity contribution is 7.47. The molecule has 0 fully saturated rings. The Morgan fingerprint density at radius 2 is 0.462 bits per heavy atom. The molecule has 0 aliphatic rings. The smallest absolute Gasteiger partial charge is 0.462 e. The minimum absolute atomic E-state index is 0.106. The molecule has 0 aliphatic carbocycles. The van der Waals surface area contributed by atoms with Crippen molar-refractivity contribution in [2.75, 3.05) is 39.6 Å². The number of unbranched alkanes of at least 4 members (excludes halogenated alkanes) is 46. The number of hydrogen-bond donors (Lipinski definition) is 3. The number of aliphatic hydroxyl groups is 1. The van der Waals surface area contributed by atoms with Crippen molar-refractivity contribution in [2.24, 2.45) is 23.7 Å². The van der Waals surface area contributed by atoms with E-state index in [4.69, 9.17) is 37.0 Å². The third kappa shape index (κ3) is 75.5. The molecule has 0 spiro atoms. The van der Waals surface area contributed by atoms with Gasteiger partial charge in [-0.05, 0) is 49.4 Å². The molecular formula is C85H166O17P2. The molecule has 0 aromatic rings. The molecular weight excluding hydrogens is 1350 g/mol. The second-order valence-electron chi connectivity index (χ2n) is 32.0. The molecule has 0 saturated carbocycles. The summed E-state index contributed by atoms with van der Waals surface area (Å²) in [5.41, 5.74) is 0. The summed E-state index contributed by atoms with van der Waals surface area (Å²) in [5, 5.41) is 10.7. The molecule has 0 radical (unpaired) electrons. The molecule has 0 aliphatic heterocycles. The van der Waals surface area contributed by atoms with Crippen LogP contribution in [0.2, 0.25) is 0 Å². The van der Waals surface area contributed by atoms with Crippen LogP contribution in [0.5, 0.6) is 0 Å². The van der Waals surface area contributed by atoms with E-state index in [9.17, 15) is 43.2 Å². The fraction of sp³-hybridized carbons (Fsp3) is 0.953. The van der Waals surface area contributed by atoms with E-state index in [2.05, 4.69) is 55.4 Å². The van der Waals surface area contributed by atoms with Crippen molar-refractivity contribution in [3.8, 4) is 0 Å². The van der Waals surface area contributed by atoms with E-state index in [1.807, 2.05) is 0 Å². The first-order valence-electron chi connectivity index (χ1n) is 43.8.